The van der Waals surface area contributed by atoms with Crippen LogP contribution in [0.25, 0.3) is 0 Å². The Morgan fingerprint density at radius 2 is 2.22 bits per heavy atom. The molecule has 5 nitrogen and oxygen atoms in total. The number of aryl methyl sites for hydroxylation is 1. The fourth-order valence-corrected chi connectivity index (χ4v) is 3.66. The van der Waals surface area contributed by atoms with Gasteiger partial charge in [0.05, 0.1) is 18.8 Å². The lowest BCUT2D eigenvalue weighted by Crippen LogP contribution is -2.53. The quantitative estimate of drug-likeness (QED) is 0.875. The van der Waals surface area contributed by atoms with Gasteiger partial charge < -0.3 is 20.1 Å². The average molecular weight is 318 g/mol. The molecule has 1 aliphatic carbocycles. The monoisotopic (exact) mass is 318 g/mol. The first-order valence-electron chi connectivity index (χ1n) is 8.50. The minimum atomic E-state index is -0.131. The average Bonchev–Trinajstić information content (AvgIpc) is 2.99. The molecule has 0 radical (unpaired) electrons. The third-order valence-corrected chi connectivity index (χ3v) is 4.95. The molecule has 1 saturated heterocycles. The zero-order valence-corrected chi connectivity index (χ0v) is 13.7. The summed E-state index contributed by atoms with van der Waals surface area (Å²) in [6, 6.07) is 8.44. The standard InChI is InChI=1S/C18H26N2O3/c1-22-17-9-11-23-12-16(17)20-18(21)19-10-8-14-7-6-13-4-2-3-5-15(13)14/h2-5,14,16-17H,6-12H2,1H3,(H2,19,20,21)/t14?,16-,17-/m1/s1. The number of amides is 2. The van der Waals surface area contributed by atoms with Gasteiger partial charge in [-0.1, -0.05) is 24.3 Å². The molecule has 0 bridgehead atoms. The molecule has 1 aromatic rings. The predicted octanol–water partition coefficient (Wildman–Crippen LogP) is 2.21. The molecule has 0 saturated carbocycles. The molecule has 1 fully saturated rings. The number of urea groups is 1. The van der Waals surface area contributed by atoms with Gasteiger partial charge in [0.15, 0.2) is 0 Å². The fraction of sp³-hybridized carbons (Fsp3) is 0.611. The first-order valence-corrected chi connectivity index (χ1v) is 8.50. The van der Waals surface area contributed by atoms with Crippen molar-refractivity contribution in [2.24, 2.45) is 0 Å². The van der Waals surface area contributed by atoms with Gasteiger partial charge in [0.1, 0.15) is 0 Å². The Hall–Kier alpha value is -1.59. The first kappa shape index (κ1) is 16.3. The third kappa shape index (κ3) is 4.03. The van der Waals surface area contributed by atoms with Crippen molar-refractivity contribution in [1.29, 1.82) is 0 Å². The number of ether oxygens (including phenoxy) is 2. The maximum atomic E-state index is 12.1. The number of hydrogen-bond acceptors (Lipinski definition) is 3. The number of nitrogens with one attached hydrogen (secondary N) is 2. The topological polar surface area (TPSA) is 59.6 Å². The molecule has 1 aliphatic heterocycles. The minimum absolute atomic E-state index is 0.0382. The van der Waals surface area contributed by atoms with Crippen molar-refractivity contribution in [1.82, 2.24) is 10.6 Å². The Kier molecular flexibility index (Phi) is 5.51. The van der Waals surface area contributed by atoms with Crippen LogP contribution in [0.2, 0.25) is 0 Å². The van der Waals surface area contributed by atoms with Gasteiger partial charge in [-0.2, -0.15) is 0 Å². The van der Waals surface area contributed by atoms with Gasteiger partial charge in [0.2, 0.25) is 0 Å². The van der Waals surface area contributed by atoms with E-state index in [-0.39, 0.29) is 18.2 Å². The number of methoxy groups -OCH3 is 1. The van der Waals surface area contributed by atoms with E-state index in [1.165, 1.54) is 17.5 Å². The van der Waals surface area contributed by atoms with Crippen LogP contribution in [-0.2, 0) is 15.9 Å². The van der Waals surface area contributed by atoms with Gasteiger partial charge in [0.25, 0.3) is 0 Å². The normalized spacial score (nSPS) is 26.6. The van der Waals surface area contributed by atoms with Crippen molar-refractivity contribution in [2.75, 3.05) is 26.9 Å². The second kappa shape index (κ2) is 7.79. The molecule has 126 valence electrons. The third-order valence-electron chi connectivity index (χ3n) is 4.95. The second-order valence-electron chi connectivity index (χ2n) is 6.37. The Morgan fingerprint density at radius 1 is 1.35 bits per heavy atom. The molecule has 0 aromatic heterocycles. The molecule has 2 N–H and O–H groups in total. The van der Waals surface area contributed by atoms with E-state index in [4.69, 9.17) is 9.47 Å². The van der Waals surface area contributed by atoms with Gasteiger partial charge in [-0.25, -0.2) is 4.79 Å². The zero-order valence-electron chi connectivity index (χ0n) is 13.7. The summed E-state index contributed by atoms with van der Waals surface area (Å²) in [4.78, 5) is 12.1. The van der Waals surface area contributed by atoms with Crippen LogP contribution in [0, 0.1) is 0 Å². The van der Waals surface area contributed by atoms with Crippen LogP contribution in [0.4, 0.5) is 4.79 Å². The number of hydrogen-bond donors (Lipinski definition) is 2. The van der Waals surface area contributed by atoms with Gasteiger partial charge in [0, 0.05) is 20.3 Å². The van der Waals surface area contributed by atoms with E-state index >= 15 is 0 Å². The smallest absolute Gasteiger partial charge is 0.315 e. The summed E-state index contributed by atoms with van der Waals surface area (Å²) in [7, 11) is 1.68. The summed E-state index contributed by atoms with van der Waals surface area (Å²) in [5.41, 5.74) is 2.92. The maximum Gasteiger partial charge on any atom is 0.315 e. The zero-order chi connectivity index (χ0) is 16.1. The number of carbonyl (C=O) groups excluding carboxylic acids is 1. The summed E-state index contributed by atoms with van der Waals surface area (Å²) in [6.45, 7) is 1.90. The Morgan fingerprint density at radius 3 is 3.09 bits per heavy atom. The SMILES string of the molecule is CO[C@@H]1CCOC[C@H]1NC(=O)NCCC1CCc2ccccc21. The van der Waals surface area contributed by atoms with E-state index in [0.29, 0.717) is 25.7 Å². The van der Waals surface area contributed by atoms with Crippen molar-refractivity contribution in [3.05, 3.63) is 35.4 Å². The van der Waals surface area contributed by atoms with Crippen molar-refractivity contribution < 1.29 is 14.3 Å². The van der Waals surface area contributed by atoms with Crippen LogP contribution in [0.1, 0.15) is 36.3 Å². The van der Waals surface area contributed by atoms with Crippen molar-refractivity contribution in [3.8, 4) is 0 Å². The molecular weight excluding hydrogens is 292 g/mol. The number of benzene rings is 1. The van der Waals surface area contributed by atoms with E-state index in [9.17, 15) is 4.79 Å². The van der Waals surface area contributed by atoms with Crippen molar-refractivity contribution >= 4 is 6.03 Å². The number of rotatable bonds is 5. The maximum absolute atomic E-state index is 12.1. The highest BCUT2D eigenvalue weighted by atomic mass is 16.5. The van der Waals surface area contributed by atoms with Crippen LogP contribution in [-0.4, -0.2) is 45.0 Å². The summed E-state index contributed by atoms with van der Waals surface area (Å²) in [5.74, 6) is 0.566. The van der Waals surface area contributed by atoms with Crippen LogP contribution in [0.5, 0.6) is 0 Å². The summed E-state index contributed by atoms with van der Waals surface area (Å²) in [5, 5.41) is 5.94. The highest BCUT2D eigenvalue weighted by molar-refractivity contribution is 5.74. The van der Waals surface area contributed by atoms with Crippen LogP contribution < -0.4 is 10.6 Å². The Bertz CT molecular complexity index is 535. The van der Waals surface area contributed by atoms with Gasteiger partial charge in [-0.3, -0.25) is 0 Å². The van der Waals surface area contributed by atoms with Crippen LogP contribution in [0.3, 0.4) is 0 Å². The Balaban J connectivity index is 1.41. The first-order chi connectivity index (χ1) is 11.3. The van der Waals surface area contributed by atoms with E-state index in [0.717, 1.165) is 19.3 Å². The molecule has 23 heavy (non-hydrogen) atoms. The van der Waals surface area contributed by atoms with E-state index < -0.39 is 0 Å². The summed E-state index contributed by atoms with van der Waals surface area (Å²) in [6.07, 6.45) is 4.18. The van der Waals surface area contributed by atoms with E-state index in [1.807, 2.05) is 0 Å². The van der Waals surface area contributed by atoms with E-state index in [2.05, 4.69) is 34.9 Å². The fourth-order valence-electron chi connectivity index (χ4n) is 3.66. The molecule has 3 atom stereocenters. The van der Waals surface area contributed by atoms with Gasteiger partial charge in [-0.05, 0) is 42.7 Å². The molecule has 2 aliphatic rings. The summed E-state index contributed by atoms with van der Waals surface area (Å²) >= 11 is 0. The largest absolute Gasteiger partial charge is 0.379 e. The van der Waals surface area contributed by atoms with Crippen molar-refractivity contribution in [2.45, 2.75) is 43.7 Å². The molecule has 5 heteroatoms. The molecule has 0 spiro atoms. The number of fused-ring (bicyclic) bond motifs is 1. The minimum Gasteiger partial charge on any atom is -0.379 e. The lowest BCUT2D eigenvalue weighted by atomic mass is 9.98. The van der Waals surface area contributed by atoms with E-state index in [1.54, 1.807) is 7.11 Å². The predicted molar refractivity (Wildman–Crippen MR) is 88.7 cm³/mol. The van der Waals surface area contributed by atoms with Gasteiger partial charge in [-0.15, -0.1) is 0 Å². The summed E-state index contributed by atoms with van der Waals surface area (Å²) < 4.78 is 10.8. The Labute approximate surface area is 137 Å². The second-order valence-corrected chi connectivity index (χ2v) is 6.37. The molecule has 3 rings (SSSR count). The number of carbonyl (C=O) groups is 1. The lowest BCUT2D eigenvalue weighted by molar-refractivity contribution is -0.0334. The van der Waals surface area contributed by atoms with Crippen LogP contribution in [0.15, 0.2) is 24.3 Å². The molecular formula is C18H26N2O3. The molecule has 1 heterocycles. The molecule has 2 amide bonds. The highest BCUT2D eigenvalue weighted by Gasteiger charge is 2.27. The molecule has 1 aromatic carbocycles. The molecule has 1 unspecified atom stereocenters. The highest BCUT2D eigenvalue weighted by Crippen LogP contribution is 2.34. The van der Waals surface area contributed by atoms with Crippen LogP contribution >= 0.6 is 0 Å². The van der Waals surface area contributed by atoms with Gasteiger partial charge >= 0.3 is 6.03 Å². The lowest BCUT2D eigenvalue weighted by Gasteiger charge is -2.31. The van der Waals surface area contributed by atoms with Crippen molar-refractivity contribution in [3.63, 3.8) is 0 Å².